The van der Waals surface area contributed by atoms with Crippen LogP contribution in [0.2, 0.25) is 0 Å². The van der Waals surface area contributed by atoms with E-state index in [9.17, 15) is 0 Å². The monoisotopic (exact) mass is 366 g/mol. The summed E-state index contributed by atoms with van der Waals surface area (Å²) in [7, 11) is 0. The zero-order valence-corrected chi connectivity index (χ0v) is 16.1. The molecule has 1 heterocycles. The van der Waals surface area contributed by atoms with Gasteiger partial charge in [-0.15, -0.1) is 0 Å². The number of nitrogens with one attached hydrogen (secondary N) is 1. The number of nitrogens with zero attached hydrogens (tertiary/aromatic N) is 2. The number of ether oxygens (including phenoxy) is 1. The molecule has 1 atom stereocenters. The summed E-state index contributed by atoms with van der Waals surface area (Å²) in [4.78, 5) is 6.97. The second kappa shape index (κ2) is 9.97. The van der Waals surface area contributed by atoms with Crippen molar-refractivity contribution in [2.24, 2.45) is 10.7 Å². The van der Waals surface area contributed by atoms with Crippen LogP contribution in [0.25, 0.3) is 0 Å². The van der Waals surface area contributed by atoms with Gasteiger partial charge in [-0.25, -0.2) is 4.99 Å². The van der Waals surface area contributed by atoms with Gasteiger partial charge in [0.2, 0.25) is 0 Å². The Labute approximate surface area is 162 Å². The van der Waals surface area contributed by atoms with Crippen molar-refractivity contribution in [3.05, 3.63) is 65.7 Å². The van der Waals surface area contributed by atoms with Crippen LogP contribution in [0.1, 0.15) is 30.9 Å². The van der Waals surface area contributed by atoms with Gasteiger partial charge in [-0.2, -0.15) is 0 Å². The predicted octanol–water partition coefficient (Wildman–Crippen LogP) is 3.15. The van der Waals surface area contributed by atoms with Gasteiger partial charge >= 0.3 is 0 Å². The highest BCUT2D eigenvalue weighted by Crippen LogP contribution is 2.17. The highest BCUT2D eigenvalue weighted by atomic mass is 16.5. The van der Waals surface area contributed by atoms with Crippen molar-refractivity contribution in [2.45, 2.75) is 39.0 Å². The van der Waals surface area contributed by atoms with Crippen molar-refractivity contribution in [3.63, 3.8) is 0 Å². The molecule has 1 aliphatic rings. The lowest BCUT2D eigenvalue weighted by Crippen LogP contribution is -2.42. The third-order valence-electron chi connectivity index (χ3n) is 5.00. The third-order valence-corrected chi connectivity index (χ3v) is 5.00. The molecule has 1 unspecified atom stereocenters. The number of benzene rings is 2. The minimum absolute atomic E-state index is 0.508. The maximum atomic E-state index is 6.05. The molecule has 3 rings (SSSR count). The summed E-state index contributed by atoms with van der Waals surface area (Å²) in [5.74, 6) is 1.36. The Kier molecular flexibility index (Phi) is 7.11. The fraction of sp³-hybridized carbons (Fsp3) is 0.409. The Morgan fingerprint density at radius 1 is 1.19 bits per heavy atom. The summed E-state index contributed by atoms with van der Waals surface area (Å²) in [5, 5.41) is 3.28. The van der Waals surface area contributed by atoms with E-state index in [4.69, 9.17) is 10.5 Å². The Morgan fingerprint density at radius 2 is 2.00 bits per heavy atom. The average molecular weight is 367 g/mol. The zero-order valence-electron chi connectivity index (χ0n) is 16.1. The van der Waals surface area contributed by atoms with E-state index in [-0.39, 0.29) is 0 Å². The van der Waals surface area contributed by atoms with E-state index in [0.717, 1.165) is 30.0 Å². The van der Waals surface area contributed by atoms with Crippen LogP contribution in [-0.2, 0) is 13.2 Å². The van der Waals surface area contributed by atoms with Crippen LogP contribution in [0.4, 0.5) is 0 Å². The normalized spacial score (nSPS) is 17.8. The van der Waals surface area contributed by atoms with Gasteiger partial charge in [0.25, 0.3) is 0 Å². The summed E-state index contributed by atoms with van der Waals surface area (Å²) in [6.07, 6.45) is 2.50. The number of aliphatic imine (C=N–C) groups is 1. The minimum atomic E-state index is 0.508. The second-order valence-electron chi connectivity index (χ2n) is 6.93. The molecule has 27 heavy (non-hydrogen) atoms. The lowest BCUT2D eigenvalue weighted by Gasteiger charge is -2.23. The van der Waals surface area contributed by atoms with Crippen LogP contribution in [0.5, 0.6) is 5.75 Å². The molecule has 3 N–H and O–H groups in total. The molecule has 5 heteroatoms. The molecular weight excluding hydrogens is 336 g/mol. The third kappa shape index (κ3) is 6.00. The van der Waals surface area contributed by atoms with Crippen molar-refractivity contribution >= 4 is 5.96 Å². The topological polar surface area (TPSA) is 62.9 Å². The van der Waals surface area contributed by atoms with E-state index in [1.54, 1.807) is 0 Å². The van der Waals surface area contributed by atoms with Crippen LogP contribution in [0, 0.1) is 0 Å². The molecule has 0 aromatic heterocycles. The van der Waals surface area contributed by atoms with Crippen molar-refractivity contribution in [2.75, 3.05) is 19.6 Å². The van der Waals surface area contributed by atoms with Crippen LogP contribution < -0.4 is 15.8 Å². The summed E-state index contributed by atoms with van der Waals surface area (Å²) >= 11 is 0. The number of rotatable bonds is 8. The molecule has 0 bridgehead atoms. The summed E-state index contributed by atoms with van der Waals surface area (Å²) in [6, 6.07) is 18.8. The van der Waals surface area contributed by atoms with E-state index < -0.39 is 0 Å². The zero-order chi connectivity index (χ0) is 18.9. The fourth-order valence-corrected chi connectivity index (χ4v) is 3.47. The number of likely N-dealkylation sites (N-methyl/N-ethyl adjacent to an activating group) is 1. The first kappa shape index (κ1) is 19.2. The van der Waals surface area contributed by atoms with E-state index in [1.807, 2.05) is 42.5 Å². The molecule has 1 saturated heterocycles. The van der Waals surface area contributed by atoms with Crippen molar-refractivity contribution in [1.29, 1.82) is 0 Å². The van der Waals surface area contributed by atoms with Crippen molar-refractivity contribution in [3.8, 4) is 5.75 Å². The van der Waals surface area contributed by atoms with Crippen molar-refractivity contribution in [1.82, 2.24) is 10.2 Å². The van der Waals surface area contributed by atoms with Gasteiger partial charge in [-0.3, -0.25) is 4.90 Å². The second-order valence-corrected chi connectivity index (χ2v) is 6.93. The lowest BCUT2D eigenvalue weighted by molar-refractivity contribution is 0.267. The molecule has 0 saturated carbocycles. The first-order valence-corrected chi connectivity index (χ1v) is 9.78. The number of hydrogen-bond acceptors (Lipinski definition) is 3. The Bertz CT molecular complexity index is 732. The Morgan fingerprint density at radius 3 is 2.81 bits per heavy atom. The van der Waals surface area contributed by atoms with E-state index in [0.29, 0.717) is 25.2 Å². The summed E-state index contributed by atoms with van der Waals surface area (Å²) in [5.41, 5.74) is 8.29. The molecule has 0 radical (unpaired) electrons. The van der Waals surface area contributed by atoms with Gasteiger partial charge in [-0.1, -0.05) is 49.4 Å². The van der Waals surface area contributed by atoms with Crippen LogP contribution in [0.15, 0.2) is 59.6 Å². The standard InChI is InChI=1S/C22H30N4O/c1-2-26-13-7-11-20(26)16-25-22(23)24-15-19-10-6-12-21(14-19)27-17-18-8-4-3-5-9-18/h3-6,8-10,12,14,20H,2,7,11,13,15-17H2,1H3,(H3,23,24,25). The van der Waals surface area contributed by atoms with Gasteiger partial charge in [-0.05, 0) is 49.2 Å². The molecule has 2 aromatic carbocycles. The molecule has 2 aromatic rings. The Hall–Kier alpha value is -2.53. The SMILES string of the molecule is CCN1CCCC1CNC(N)=NCc1cccc(OCc2ccccc2)c1. The highest BCUT2D eigenvalue weighted by Gasteiger charge is 2.22. The van der Waals surface area contributed by atoms with Crippen LogP contribution in [0.3, 0.4) is 0 Å². The molecule has 0 aliphatic carbocycles. The van der Waals surface area contributed by atoms with Crippen molar-refractivity contribution < 1.29 is 4.74 Å². The van der Waals surface area contributed by atoms with Gasteiger partial charge < -0.3 is 15.8 Å². The first-order chi connectivity index (χ1) is 13.2. The summed E-state index contributed by atoms with van der Waals surface area (Å²) in [6.45, 7) is 6.47. The van der Waals surface area contributed by atoms with Gasteiger partial charge in [0.15, 0.2) is 5.96 Å². The number of likely N-dealkylation sites (tertiary alicyclic amines) is 1. The van der Waals surface area contributed by atoms with Gasteiger partial charge in [0, 0.05) is 12.6 Å². The largest absolute Gasteiger partial charge is 0.489 e. The maximum Gasteiger partial charge on any atom is 0.188 e. The number of guanidine groups is 1. The Balaban J connectivity index is 1.47. The quantitative estimate of drug-likeness (QED) is 0.556. The molecule has 0 amide bonds. The highest BCUT2D eigenvalue weighted by molar-refractivity contribution is 5.77. The minimum Gasteiger partial charge on any atom is -0.489 e. The van der Waals surface area contributed by atoms with Gasteiger partial charge in [0.1, 0.15) is 12.4 Å². The smallest absolute Gasteiger partial charge is 0.188 e. The molecule has 5 nitrogen and oxygen atoms in total. The molecule has 1 fully saturated rings. The summed E-state index contributed by atoms with van der Waals surface area (Å²) < 4.78 is 5.88. The average Bonchev–Trinajstić information content (AvgIpc) is 3.18. The maximum absolute atomic E-state index is 6.05. The lowest BCUT2D eigenvalue weighted by atomic mass is 10.2. The number of hydrogen-bond donors (Lipinski definition) is 2. The fourth-order valence-electron chi connectivity index (χ4n) is 3.47. The van der Waals surface area contributed by atoms with Crippen LogP contribution >= 0.6 is 0 Å². The van der Waals surface area contributed by atoms with Gasteiger partial charge in [0.05, 0.1) is 6.54 Å². The molecule has 1 aliphatic heterocycles. The number of nitrogens with two attached hydrogens (primary N) is 1. The predicted molar refractivity (Wildman–Crippen MR) is 111 cm³/mol. The molecule has 0 spiro atoms. The van der Waals surface area contributed by atoms with Crippen LogP contribution in [-0.4, -0.2) is 36.5 Å². The molecular formula is C22H30N4O. The van der Waals surface area contributed by atoms with E-state index in [2.05, 4.69) is 34.3 Å². The van der Waals surface area contributed by atoms with E-state index in [1.165, 1.54) is 19.4 Å². The van der Waals surface area contributed by atoms with E-state index >= 15 is 0 Å². The first-order valence-electron chi connectivity index (χ1n) is 9.78. The molecule has 144 valence electrons.